The van der Waals surface area contributed by atoms with Crippen molar-refractivity contribution in [2.75, 3.05) is 20.1 Å². The summed E-state index contributed by atoms with van der Waals surface area (Å²) in [7, 11) is 2.09. The van der Waals surface area contributed by atoms with Crippen molar-refractivity contribution >= 4 is 0 Å². The molecule has 1 fully saturated rings. The number of aromatic amines is 1. The van der Waals surface area contributed by atoms with Gasteiger partial charge < -0.3 is 9.88 Å². The Bertz CT molecular complexity index is 345. The first-order chi connectivity index (χ1) is 6.27. The van der Waals surface area contributed by atoms with Gasteiger partial charge >= 0.3 is 0 Å². The number of nitrogens with zero attached hydrogens (tertiary/aromatic N) is 1. The second kappa shape index (κ2) is 3.34. The number of H-pyrrole nitrogens is 1. The van der Waals surface area contributed by atoms with E-state index in [1.54, 1.807) is 6.20 Å². The molecule has 1 aliphatic rings. The molecule has 0 saturated carbocycles. The first-order valence-corrected chi connectivity index (χ1v) is 4.63. The minimum Gasteiger partial charge on any atom is -0.329 e. The SMILES string of the molecule is CN1CCC(c2ccc[nH]c2=O)C1. The molecule has 0 aliphatic carbocycles. The molecule has 13 heavy (non-hydrogen) atoms. The Hall–Kier alpha value is -1.09. The number of likely N-dealkylation sites (N-methyl/N-ethyl adjacent to an activating group) is 1. The van der Waals surface area contributed by atoms with E-state index in [0.717, 1.165) is 25.1 Å². The van der Waals surface area contributed by atoms with Crippen LogP contribution in [0.25, 0.3) is 0 Å². The smallest absolute Gasteiger partial charge is 0.251 e. The van der Waals surface area contributed by atoms with Crippen molar-refractivity contribution in [2.24, 2.45) is 0 Å². The van der Waals surface area contributed by atoms with E-state index >= 15 is 0 Å². The van der Waals surface area contributed by atoms with Crippen molar-refractivity contribution in [3.05, 3.63) is 34.2 Å². The van der Waals surface area contributed by atoms with Crippen LogP contribution < -0.4 is 5.56 Å². The van der Waals surface area contributed by atoms with Crippen molar-refractivity contribution in [3.63, 3.8) is 0 Å². The fourth-order valence-electron chi connectivity index (χ4n) is 1.94. The lowest BCUT2D eigenvalue weighted by molar-refractivity contribution is 0.411. The van der Waals surface area contributed by atoms with Crippen molar-refractivity contribution in [1.82, 2.24) is 9.88 Å². The lowest BCUT2D eigenvalue weighted by atomic mass is 10.0. The van der Waals surface area contributed by atoms with E-state index in [-0.39, 0.29) is 5.56 Å². The van der Waals surface area contributed by atoms with Gasteiger partial charge in [-0.1, -0.05) is 6.07 Å². The van der Waals surface area contributed by atoms with Crippen LogP contribution >= 0.6 is 0 Å². The molecular weight excluding hydrogens is 164 g/mol. The van der Waals surface area contributed by atoms with E-state index in [9.17, 15) is 4.79 Å². The molecule has 3 nitrogen and oxygen atoms in total. The van der Waals surface area contributed by atoms with Crippen molar-refractivity contribution in [3.8, 4) is 0 Å². The maximum atomic E-state index is 11.4. The first-order valence-electron chi connectivity index (χ1n) is 4.63. The molecule has 1 N–H and O–H groups in total. The minimum absolute atomic E-state index is 0.0720. The fourth-order valence-corrected chi connectivity index (χ4v) is 1.94. The van der Waals surface area contributed by atoms with Gasteiger partial charge in [0.1, 0.15) is 0 Å². The van der Waals surface area contributed by atoms with Crippen LogP contribution in [0.15, 0.2) is 23.1 Å². The number of hydrogen-bond acceptors (Lipinski definition) is 2. The molecule has 1 aromatic heterocycles. The second-order valence-electron chi connectivity index (χ2n) is 3.70. The third kappa shape index (κ3) is 1.65. The molecule has 1 aliphatic heterocycles. The molecule has 3 heteroatoms. The Morgan fingerprint density at radius 1 is 1.62 bits per heavy atom. The monoisotopic (exact) mass is 178 g/mol. The summed E-state index contributed by atoms with van der Waals surface area (Å²) in [5, 5.41) is 0. The Morgan fingerprint density at radius 2 is 2.46 bits per heavy atom. The van der Waals surface area contributed by atoms with Crippen LogP contribution in [0.4, 0.5) is 0 Å². The van der Waals surface area contributed by atoms with E-state index in [4.69, 9.17) is 0 Å². The molecule has 1 saturated heterocycles. The Labute approximate surface area is 77.4 Å². The molecule has 1 unspecified atom stereocenters. The molecule has 1 atom stereocenters. The predicted octanol–water partition coefficient (Wildman–Crippen LogP) is 0.794. The van der Waals surface area contributed by atoms with Crippen LogP contribution in [0, 0.1) is 0 Å². The summed E-state index contributed by atoms with van der Waals surface area (Å²) in [6.07, 6.45) is 2.79. The molecule has 0 aromatic carbocycles. The number of hydrogen-bond donors (Lipinski definition) is 1. The Morgan fingerprint density at radius 3 is 3.08 bits per heavy atom. The van der Waals surface area contributed by atoms with Crippen molar-refractivity contribution < 1.29 is 0 Å². The summed E-state index contributed by atoms with van der Waals surface area (Å²) in [4.78, 5) is 16.4. The zero-order chi connectivity index (χ0) is 9.26. The van der Waals surface area contributed by atoms with Crippen LogP contribution in [0.2, 0.25) is 0 Å². The van der Waals surface area contributed by atoms with Crippen LogP contribution in [0.5, 0.6) is 0 Å². The highest BCUT2D eigenvalue weighted by Crippen LogP contribution is 2.22. The molecule has 0 amide bonds. The third-order valence-electron chi connectivity index (χ3n) is 2.68. The van der Waals surface area contributed by atoms with Crippen molar-refractivity contribution in [2.45, 2.75) is 12.3 Å². The topological polar surface area (TPSA) is 36.1 Å². The zero-order valence-corrected chi connectivity index (χ0v) is 7.79. The van der Waals surface area contributed by atoms with E-state index in [1.165, 1.54) is 0 Å². The van der Waals surface area contributed by atoms with Gasteiger partial charge in [0.2, 0.25) is 0 Å². The van der Waals surface area contributed by atoms with Crippen LogP contribution in [0.3, 0.4) is 0 Å². The van der Waals surface area contributed by atoms with Gasteiger partial charge in [0.15, 0.2) is 0 Å². The highest BCUT2D eigenvalue weighted by atomic mass is 16.1. The number of nitrogens with one attached hydrogen (secondary N) is 1. The average Bonchev–Trinajstić information content (AvgIpc) is 2.53. The van der Waals surface area contributed by atoms with Gasteiger partial charge in [0.25, 0.3) is 5.56 Å². The van der Waals surface area contributed by atoms with E-state index in [1.807, 2.05) is 12.1 Å². The first kappa shape index (κ1) is 8.51. The van der Waals surface area contributed by atoms with Gasteiger partial charge in [-0.25, -0.2) is 0 Å². The van der Waals surface area contributed by atoms with E-state index < -0.39 is 0 Å². The van der Waals surface area contributed by atoms with E-state index in [0.29, 0.717) is 5.92 Å². The Balaban J connectivity index is 2.26. The van der Waals surface area contributed by atoms with Crippen LogP contribution in [-0.4, -0.2) is 30.0 Å². The van der Waals surface area contributed by atoms with Crippen LogP contribution in [0.1, 0.15) is 17.9 Å². The summed E-state index contributed by atoms with van der Waals surface area (Å²) < 4.78 is 0. The number of likely N-dealkylation sites (tertiary alicyclic amines) is 1. The van der Waals surface area contributed by atoms with Crippen LogP contribution in [-0.2, 0) is 0 Å². The Kier molecular flexibility index (Phi) is 2.19. The molecule has 2 heterocycles. The zero-order valence-electron chi connectivity index (χ0n) is 7.79. The van der Waals surface area contributed by atoms with Gasteiger partial charge in [-0.15, -0.1) is 0 Å². The number of rotatable bonds is 1. The number of aromatic nitrogens is 1. The summed E-state index contributed by atoms with van der Waals surface area (Å²) in [5.41, 5.74) is 1.01. The normalized spacial score (nSPS) is 23.6. The fraction of sp³-hybridized carbons (Fsp3) is 0.500. The van der Waals surface area contributed by atoms with Gasteiger partial charge in [0, 0.05) is 24.2 Å². The average molecular weight is 178 g/mol. The lowest BCUT2D eigenvalue weighted by Crippen LogP contribution is -2.18. The van der Waals surface area contributed by atoms with Gasteiger partial charge in [-0.05, 0) is 26.1 Å². The van der Waals surface area contributed by atoms with Gasteiger partial charge in [-0.2, -0.15) is 0 Å². The largest absolute Gasteiger partial charge is 0.329 e. The molecule has 0 spiro atoms. The summed E-state index contributed by atoms with van der Waals surface area (Å²) in [6.45, 7) is 2.10. The second-order valence-corrected chi connectivity index (χ2v) is 3.70. The molecular formula is C10H14N2O. The minimum atomic E-state index is 0.0720. The highest BCUT2D eigenvalue weighted by Gasteiger charge is 2.22. The molecule has 1 aromatic rings. The highest BCUT2D eigenvalue weighted by molar-refractivity contribution is 5.16. The quantitative estimate of drug-likeness (QED) is 0.690. The summed E-state index contributed by atoms with van der Waals surface area (Å²) in [5.74, 6) is 0.426. The molecule has 0 bridgehead atoms. The maximum absolute atomic E-state index is 11.4. The van der Waals surface area contributed by atoms with Gasteiger partial charge in [-0.3, -0.25) is 4.79 Å². The molecule has 2 rings (SSSR count). The standard InChI is InChI=1S/C10H14N2O/c1-12-6-4-8(7-12)9-3-2-5-11-10(9)13/h2-3,5,8H,4,6-7H2,1H3,(H,11,13). The summed E-state index contributed by atoms with van der Waals surface area (Å²) >= 11 is 0. The van der Waals surface area contributed by atoms with Crippen molar-refractivity contribution in [1.29, 1.82) is 0 Å². The van der Waals surface area contributed by atoms with E-state index in [2.05, 4.69) is 16.9 Å². The summed E-state index contributed by atoms with van der Waals surface area (Å²) in [6, 6.07) is 3.83. The number of pyridine rings is 1. The predicted molar refractivity (Wildman–Crippen MR) is 51.9 cm³/mol. The molecule has 70 valence electrons. The lowest BCUT2D eigenvalue weighted by Gasteiger charge is -2.08. The maximum Gasteiger partial charge on any atom is 0.251 e. The molecule has 0 radical (unpaired) electrons. The van der Waals surface area contributed by atoms with Gasteiger partial charge in [0.05, 0.1) is 0 Å². The third-order valence-corrected chi connectivity index (χ3v) is 2.68.